The van der Waals surface area contributed by atoms with Crippen molar-refractivity contribution in [2.24, 2.45) is 0 Å². The summed E-state index contributed by atoms with van der Waals surface area (Å²) in [7, 11) is 0. The number of pyridine rings is 1. The first-order valence-corrected chi connectivity index (χ1v) is 9.26. The lowest BCUT2D eigenvalue weighted by atomic mass is 9.98. The SMILES string of the molecule is Cc1cc(CN2C(=O)c3ccccc3C2=O)cc(-c2ccc(C(F)(F)F)nc2C)c1. The number of hydrogen-bond donors (Lipinski definition) is 0. The van der Waals surface area contributed by atoms with Gasteiger partial charge in [0, 0.05) is 11.3 Å². The lowest BCUT2D eigenvalue weighted by Crippen LogP contribution is -2.29. The van der Waals surface area contributed by atoms with Crippen molar-refractivity contribution in [2.45, 2.75) is 26.6 Å². The van der Waals surface area contributed by atoms with Gasteiger partial charge in [-0.2, -0.15) is 13.2 Å². The monoisotopic (exact) mass is 410 g/mol. The third-order valence-electron chi connectivity index (χ3n) is 5.04. The van der Waals surface area contributed by atoms with Crippen molar-refractivity contribution in [3.63, 3.8) is 0 Å². The molecule has 0 saturated heterocycles. The summed E-state index contributed by atoms with van der Waals surface area (Å²) < 4.78 is 38.7. The Bertz CT molecular complexity index is 1150. The lowest BCUT2D eigenvalue weighted by Gasteiger charge is -2.16. The normalized spacial score (nSPS) is 13.7. The molecule has 2 aromatic carbocycles. The van der Waals surface area contributed by atoms with Crippen LogP contribution in [0.3, 0.4) is 0 Å². The third kappa shape index (κ3) is 3.47. The minimum Gasteiger partial charge on any atom is -0.270 e. The van der Waals surface area contributed by atoms with Crippen molar-refractivity contribution in [3.05, 3.63) is 88.2 Å². The Kier molecular flexibility index (Phi) is 4.68. The molecule has 2 heterocycles. The maximum atomic E-state index is 12.9. The molecule has 0 N–H and O–H groups in total. The predicted molar refractivity (Wildman–Crippen MR) is 105 cm³/mol. The van der Waals surface area contributed by atoms with Crippen molar-refractivity contribution in [1.29, 1.82) is 0 Å². The fourth-order valence-corrected chi connectivity index (χ4v) is 3.70. The number of alkyl halides is 3. The van der Waals surface area contributed by atoms with Gasteiger partial charge in [-0.1, -0.05) is 35.9 Å². The Morgan fingerprint density at radius 2 is 1.50 bits per heavy atom. The number of halogens is 3. The number of nitrogens with zero attached hydrogens (tertiary/aromatic N) is 2. The van der Waals surface area contributed by atoms with Gasteiger partial charge in [-0.25, -0.2) is 4.98 Å². The van der Waals surface area contributed by atoms with Gasteiger partial charge in [0.2, 0.25) is 0 Å². The number of benzene rings is 2. The van der Waals surface area contributed by atoms with Gasteiger partial charge in [0.1, 0.15) is 5.69 Å². The number of rotatable bonds is 3. The molecular formula is C23H17F3N2O2. The summed E-state index contributed by atoms with van der Waals surface area (Å²) in [6, 6.07) is 14.5. The molecule has 7 heteroatoms. The molecule has 3 aromatic rings. The highest BCUT2D eigenvalue weighted by Gasteiger charge is 2.35. The molecule has 0 fully saturated rings. The van der Waals surface area contributed by atoms with Gasteiger partial charge in [0.15, 0.2) is 0 Å². The van der Waals surface area contributed by atoms with E-state index in [1.165, 1.54) is 17.9 Å². The van der Waals surface area contributed by atoms with Crippen LogP contribution in [0.4, 0.5) is 13.2 Å². The van der Waals surface area contributed by atoms with E-state index in [4.69, 9.17) is 0 Å². The Morgan fingerprint density at radius 1 is 0.867 bits per heavy atom. The largest absolute Gasteiger partial charge is 0.433 e. The number of aromatic nitrogens is 1. The van der Waals surface area contributed by atoms with Crippen molar-refractivity contribution < 1.29 is 22.8 Å². The Labute approximate surface area is 171 Å². The van der Waals surface area contributed by atoms with Crippen molar-refractivity contribution in [2.75, 3.05) is 0 Å². The van der Waals surface area contributed by atoms with Crippen LogP contribution in [0.2, 0.25) is 0 Å². The van der Waals surface area contributed by atoms with Crippen LogP contribution in [-0.4, -0.2) is 21.7 Å². The van der Waals surface area contributed by atoms with Crippen LogP contribution in [0.1, 0.15) is 43.2 Å². The van der Waals surface area contributed by atoms with Gasteiger partial charge in [0.05, 0.1) is 17.7 Å². The summed E-state index contributed by atoms with van der Waals surface area (Å²) in [5, 5.41) is 0. The summed E-state index contributed by atoms with van der Waals surface area (Å²) in [6.45, 7) is 3.45. The van der Waals surface area contributed by atoms with Gasteiger partial charge >= 0.3 is 6.18 Å². The number of carbonyl (C=O) groups is 2. The van der Waals surface area contributed by atoms with Gasteiger partial charge in [-0.05, 0) is 49.2 Å². The van der Waals surface area contributed by atoms with E-state index in [1.54, 1.807) is 30.3 Å². The van der Waals surface area contributed by atoms with E-state index in [9.17, 15) is 22.8 Å². The lowest BCUT2D eigenvalue weighted by molar-refractivity contribution is -0.141. The molecule has 1 aliphatic rings. The summed E-state index contributed by atoms with van der Waals surface area (Å²) in [5.74, 6) is -0.711. The molecule has 0 saturated carbocycles. The quantitative estimate of drug-likeness (QED) is 0.559. The van der Waals surface area contributed by atoms with Crippen molar-refractivity contribution in [3.8, 4) is 11.1 Å². The van der Waals surface area contributed by atoms with Crippen molar-refractivity contribution >= 4 is 11.8 Å². The number of fused-ring (bicyclic) bond motifs is 1. The molecule has 4 rings (SSSR count). The van der Waals surface area contributed by atoms with Crippen molar-refractivity contribution in [1.82, 2.24) is 9.88 Å². The average molecular weight is 410 g/mol. The molecule has 2 amide bonds. The Hall–Kier alpha value is -3.48. The average Bonchev–Trinajstić information content (AvgIpc) is 2.92. The Balaban J connectivity index is 1.67. The van der Waals surface area contributed by atoms with E-state index >= 15 is 0 Å². The first kappa shape index (κ1) is 19.8. The smallest absolute Gasteiger partial charge is 0.270 e. The number of amides is 2. The summed E-state index contributed by atoms with van der Waals surface area (Å²) in [5.41, 5.74) is 2.87. The summed E-state index contributed by atoms with van der Waals surface area (Å²) in [6.07, 6.45) is -4.51. The highest BCUT2D eigenvalue weighted by atomic mass is 19.4. The number of carbonyl (C=O) groups excluding carboxylic acids is 2. The zero-order chi connectivity index (χ0) is 21.6. The fraction of sp³-hybridized carbons (Fsp3) is 0.174. The second-order valence-corrected chi connectivity index (χ2v) is 7.28. The number of imide groups is 1. The van der Waals surface area contributed by atoms with Gasteiger partial charge in [-0.3, -0.25) is 14.5 Å². The minimum absolute atomic E-state index is 0.0775. The van der Waals surface area contributed by atoms with E-state index in [1.807, 2.05) is 19.1 Å². The van der Waals surface area contributed by atoms with Crippen LogP contribution in [0.5, 0.6) is 0 Å². The molecule has 4 nitrogen and oxygen atoms in total. The first-order valence-electron chi connectivity index (χ1n) is 9.26. The van der Waals surface area contributed by atoms with E-state index in [0.29, 0.717) is 27.8 Å². The number of aryl methyl sites for hydroxylation is 2. The summed E-state index contributed by atoms with van der Waals surface area (Å²) >= 11 is 0. The molecule has 0 unspecified atom stereocenters. The van der Waals surface area contributed by atoms with E-state index < -0.39 is 11.9 Å². The molecule has 152 valence electrons. The fourth-order valence-electron chi connectivity index (χ4n) is 3.70. The van der Waals surface area contributed by atoms with Gasteiger partial charge in [-0.15, -0.1) is 0 Å². The Morgan fingerprint density at radius 3 is 2.07 bits per heavy atom. The molecule has 0 aliphatic carbocycles. The van der Waals surface area contributed by atoms with E-state index in [-0.39, 0.29) is 24.1 Å². The standard InChI is InChI=1S/C23H17F3N2O2/c1-13-9-15(12-28-21(29)18-5-3-4-6-19(18)22(28)30)11-16(10-13)17-7-8-20(23(24,25)26)27-14(17)2/h3-11H,12H2,1-2H3. The first-order chi connectivity index (χ1) is 14.1. The third-order valence-corrected chi connectivity index (χ3v) is 5.04. The van der Waals surface area contributed by atoms with Gasteiger partial charge < -0.3 is 0 Å². The molecular weight excluding hydrogens is 393 g/mol. The van der Waals surface area contributed by atoms with E-state index in [2.05, 4.69) is 4.98 Å². The van der Waals surface area contributed by atoms with Crippen LogP contribution >= 0.6 is 0 Å². The molecule has 30 heavy (non-hydrogen) atoms. The molecule has 0 radical (unpaired) electrons. The minimum atomic E-state index is -4.51. The zero-order valence-electron chi connectivity index (χ0n) is 16.2. The zero-order valence-corrected chi connectivity index (χ0v) is 16.2. The number of hydrogen-bond acceptors (Lipinski definition) is 3. The highest BCUT2D eigenvalue weighted by molar-refractivity contribution is 6.21. The topological polar surface area (TPSA) is 50.3 Å². The maximum absolute atomic E-state index is 12.9. The van der Waals surface area contributed by atoms with E-state index in [0.717, 1.165) is 11.6 Å². The molecule has 0 atom stereocenters. The van der Waals surface area contributed by atoms with Gasteiger partial charge in [0.25, 0.3) is 11.8 Å². The molecule has 0 bridgehead atoms. The molecule has 0 spiro atoms. The van der Waals surface area contributed by atoms with Crippen LogP contribution in [0, 0.1) is 13.8 Å². The van der Waals surface area contributed by atoms with Crippen LogP contribution in [0.25, 0.3) is 11.1 Å². The highest BCUT2D eigenvalue weighted by Crippen LogP contribution is 2.32. The van der Waals surface area contributed by atoms with Crippen LogP contribution in [0.15, 0.2) is 54.6 Å². The van der Waals surface area contributed by atoms with Crippen LogP contribution < -0.4 is 0 Å². The molecule has 1 aromatic heterocycles. The summed E-state index contributed by atoms with van der Waals surface area (Å²) in [4.78, 5) is 30.1. The maximum Gasteiger partial charge on any atom is 0.433 e. The molecule has 1 aliphatic heterocycles. The predicted octanol–water partition coefficient (Wildman–Crippen LogP) is 5.18. The second kappa shape index (κ2) is 7.09. The van der Waals surface area contributed by atoms with Crippen LogP contribution in [-0.2, 0) is 12.7 Å². The second-order valence-electron chi connectivity index (χ2n) is 7.28.